The molecule has 1 saturated heterocycles. The van der Waals surface area contributed by atoms with Crippen LogP contribution in [0, 0.1) is 12.7 Å². The van der Waals surface area contributed by atoms with Gasteiger partial charge in [0.25, 0.3) is 11.6 Å². The zero-order valence-electron chi connectivity index (χ0n) is 20.8. The van der Waals surface area contributed by atoms with Crippen molar-refractivity contribution < 1.29 is 13.7 Å². The molecular formula is C29H25FN6O2. The first-order chi connectivity index (χ1) is 18.6. The average molecular weight is 509 g/mol. The molecule has 0 aliphatic carbocycles. The van der Waals surface area contributed by atoms with Gasteiger partial charge in [-0.2, -0.15) is 4.98 Å². The van der Waals surface area contributed by atoms with Gasteiger partial charge in [0, 0.05) is 50.6 Å². The molecule has 6 rings (SSSR count). The molecule has 0 unspecified atom stereocenters. The standard InChI is InChI=1S/C29H25FN6O2/c1-19-8-10-20(11-9-19)17-24-32-27(25-26(34-38-28(25)33-24)21-5-4-12-31-18-21)35-13-15-36(16-14-35)29(37)22-6-2-3-7-23(22)30/h2-12,18H,13-17H2,1H3. The minimum atomic E-state index is -0.510. The smallest absolute Gasteiger partial charge is 0.263 e. The number of anilines is 1. The first-order valence-corrected chi connectivity index (χ1v) is 12.5. The van der Waals surface area contributed by atoms with E-state index in [2.05, 4.69) is 46.2 Å². The van der Waals surface area contributed by atoms with Crippen molar-refractivity contribution in [2.75, 3.05) is 31.1 Å². The van der Waals surface area contributed by atoms with Crippen molar-refractivity contribution in [2.24, 2.45) is 0 Å². The molecule has 1 aliphatic rings. The van der Waals surface area contributed by atoms with E-state index in [4.69, 9.17) is 14.5 Å². The Balaban J connectivity index is 1.34. The summed E-state index contributed by atoms with van der Waals surface area (Å²) in [5, 5.41) is 5.03. The molecule has 9 heteroatoms. The number of fused-ring (bicyclic) bond motifs is 1. The van der Waals surface area contributed by atoms with Crippen LogP contribution < -0.4 is 4.90 Å². The molecule has 1 amide bonds. The van der Waals surface area contributed by atoms with E-state index in [0.29, 0.717) is 61.0 Å². The van der Waals surface area contributed by atoms with E-state index in [1.807, 2.05) is 12.1 Å². The van der Waals surface area contributed by atoms with Gasteiger partial charge >= 0.3 is 0 Å². The number of piperazine rings is 1. The predicted octanol–water partition coefficient (Wildman–Crippen LogP) is 4.68. The fraction of sp³-hybridized carbons (Fsp3) is 0.207. The number of aryl methyl sites for hydroxylation is 1. The van der Waals surface area contributed by atoms with Gasteiger partial charge in [0.05, 0.1) is 5.56 Å². The van der Waals surface area contributed by atoms with Crippen LogP contribution in [0.5, 0.6) is 0 Å². The molecule has 3 aromatic heterocycles. The largest absolute Gasteiger partial charge is 0.352 e. The molecular weight excluding hydrogens is 483 g/mol. The molecule has 190 valence electrons. The number of pyridine rings is 1. The van der Waals surface area contributed by atoms with Crippen molar-refractivity contribution in [1.82, 2.24) is 25.0 Å². The SMILES string of the molecule is Cc1ccc(Cc2nc(N3CCN(C(=O)c4ccccc4F)CC3)c3c(-c4cccnc4)noc3n2)cc1. The molecule has 2 aromatic carbocycles. The molecule has 38 heavy (non-hydrogen) atoms. The van der Waals surface area contributed by atoms with Crippen LogP contribution in [-0.4, -0.2) is 57.1 Å². The third-order valence-electron chi connectivity index (χ3n) is 6.75. The third kappa shape index (κ3) is 4.58. The summed E-state index contributed by atoms with van der Waals surface area (Å²) in [6.07, 6.45) is 3.97. The van der Waals surface area contributed by atoms with Gasteiger partial charge in [-0.3, -0.25) is 9.78 Å². The lowest BCUT2D eigenvalue weighted by atomic mass is 10.1. The predicted molar refractivity (Wildman–Crippen MR) is 141 cm³/mol. The number of rotatable bonds is 5. The Bertz CT molecular complexity index is 1600. The fourth-order valence-electron chi connectivity index (χ4n) is 4.70. The molecule has 0 bridgehead atoms. The van der Waals surface area contributed by atoms with Crippen LogP contribution >= 0.6 is 0 Å². The summed E-state index contributed by atoms with van der Waals surface area (Å²) >= 11 is 0. The van der Waals surface area contributed by atoms with E-state index in [1.165, 1.54) is 17.7 Å². The number of carbonyl (C=O) groups excluding carboxylic acids is 1. The summed E-state index contributed by atoms with van der Waals surface area (Å²) in [7, 11) is 0. The zero-order valence-corrected chi connectivity index (χ0v) is 20.8. The molecule has 4 heterocycles. The van der Waals surface area contributed by atoms with E-state index in [9.17, 15) is 9.18 Å². The molecule has 0 atom stereocenters. The molecule has 0 saturated carbocycles. The Labute approximate surface area is 218 Å². The monoisotopic (exact) mass is 508 g/mol. The quantitative estimate of drug-likeness (QED) is 0.341. The maximum Gasteiger partial charge on any atom is 0.263 e. The van der Waals surface area contributed by atoms with Crippen molar-refractivity contribution in [3.8, 4) is 11.3 Å². The van der Waals surface area contributed by atoms with Crippen LogP contribution in [0.3, 0.4) is 0 Å². The van der Waals surface area contributed by atoms with Gasteiger partial charge < -0.3 is 14.3 Å². The second-order valence-corrected chi connectivity index (χ2v) is 9.34. The maximum atomic E-state index is 14.2. The van der Waals surface area contributed by atoms with Crippen LogP contribution in [0.1, 0.15) is 27.3 Å². The third-order valence-corrected chi connectivity index (χ3v) is 6.75. The summed E-state index contributed by atoms with van der Waals surface area (Å²) in [6.45, 7) is 3.95. The Morgan fingerprint density at radius 3 is 2.50 bits per heavy atom. The Kier molecular flexibility index (Phi) is 6.25. The minimum absolute atomic E-state index is 0.0867. The fourth-order valence-corrected chi connectivity index (χ4v) is 4.70. The first-order valence-electron chi connectivity index (χ1n) is 12.5. The molecule has 0 radical (unpaired) electrons. The van der Waals surface area contributed by atoms with Crippen LogP contribution in [0.25, 0.3) is 22.4 Å². The minimum Gasteiger partial charge on any atom is -0.352 e. The van der Waals surface area contributed by atoms with Crippen LogP contribution in [0.2, 0.25) is 0 Å². The number of benzene rings is 2. The van der Waals surface area contributed by atoms with Crippen molar-refractivity contribution in [2.45, 2.75) is 13.3 Å². The lowest BCUT2D eigenvalue weighted by Crippen LogP contribution is -2.49. The molecule has 1 aliphatic heterocycles. The summed E-state index contributed by atoms with van der Waals surface area (Å²) in [6, 6.07) is 18.1. The number of aromatic nitrogens is 4. The second-order valence-electron chi connectivity index (χ2n) is 9.34. The Morgan fingerprint density at radius 1 is 0.974 bits per heavy atom. The summed E-state index contributed by atoms with van der Waals surface area (Å²) < 4.78 is 19.9. The average Bonchev–Trinajstić information content (AvgIpc) is 3.38. The summed E-state index contributed by atoms with van der Waals surface area (Å²) in [5.41, 5.74) is 4.19. The van der Waals surface area contributed by atoms with Crippen LogP contribution in [-0.2, 0) is 6.42 Å². The van der Waals surface area contributed by atoms with Gasteiger partial charge in [0.15, 0.2) is 0 Å². The van der Waals surface area contributed by atoms with E-state index in [0.717, 1.165) is 11.1 Å². The van der Waals surface area contributed by atoms with E-state index >= 15 is 0 Å². The molecule has 8 nitrogen and oxygen atoms in total. The van der Waals surface area contributed by atoms with Gasteiger partial charge in [0.1, 0.15) is 28.5 Å². The Hall–Kier alpha value is -4.66. The van der Waals surface area contributed by atoms with Crippen LogP contribution in [0.15, 0.2) is 77.6 Å². The molecule has 5 aromatic rings. The van der Waals surface area contributed by atoms with Crippen molar-refractivity contribution in [3.63, 3.8) is 0 Å². The summed E-state index contributed by atoms with van der Waals surface area (Å²) in [4.78, 5) is 30.6. The second kappa shape index (κ2) is 10.0. The molecule has 0 spiro atoms. The maximum absolute atomic E-state index is 14.2. The van der Waals surface area contributed by atoms with Crippen LogP contribution in [0.4, 0.5) is 10.2 Å². The zero-order chi connectivity index (χ0) is 26.1. The Morgan fingerprint density at radius 2 is 1.76 bits per heavy atom. The van der Waals surface area contributed by atoms with Crippen molar-refractivity contribution >= 4 is 22.8 Å². The topological polar surface area (TPSA) is 88.3 Å². The van der Waals surface area contributed by atoms with Gasteiger partial charge in [-0.05, 0) is 36.8 Å². The highest BCUT2D eigenvalue weighted by Crippen LogP contribution is 2.34. The van der Waals surface area contributed by atoms with E-state index in [-0.39, 0.29) is 11.5 Å². The molecule has 1 fully saturated rings. The first kappa shape index (κ1) is 23.7. The highest BCUT2D eigenvalue weighted by atomic mass is 19.1. The van der Waals surface area contributed by atoms with Gasteiger partial charge in [-0.15, -0.1) is 0 Å². The summed E-state index contributed by atoms with van der Waals surface area (Å²) in [5.74, 6) is 0.505. The van der Waals surface area contributed by atoms with E-state index in [1.54, 1.807) is 29.4 Å². The lowest BCUT2D eigenvalue weighted by molar-refractivity contribution is 0.0742. The number of amides is 1. The number of hydrogen-bond acceptors (Lipinski definition) is 7. The van der Waals surface area contributed by atoms with Crippen molar-refractivity contribution in [3.05, 3.63) is 101 Å². The van der Waals surface area contributed by atoms with Gasteiger partial charge in [-0.1, -0.05) is 47.1 Å². The number of hydrogen-bond donors (Lipinski definition) is 0. The number of carbonyl (C=O) groups is 1. The normalized spacial score (nSPS) is 13.7. The number of nitrogens with zero attached hydrogens (tertiary/aromatic N) is 6. The molecule has 0 N–H and O–H groups in total. The van der Waals surface area contributed by atoms with Gasteiger partial charge in [0.2, 0.25) is 0 Å². The van der Waals surface area contributed by atoms with Gasteiger partial charge in [-0.25, -0.2) is 9.37 Å². The van der Waals surface area contributed by atoms with E-state index < -0.39 is 5.82 Å². The lowest BCUT2D eigenvalue weighted by Gasteiger charge is -2.35. The number of halogens is 1. The van der Waals surface area contributed by atoms with Crippen molar-refractivity contribution in [1.29, 1.82) is 0 Å². The highest BCUT2D eigenvalue weighted by molar-refractivity contribution is 5.98. The highest BCUT2D eigenvalue weighted by Gasteiger charge is 2.28.